The molecule has 0 N–H and O–H groups in total. The van der Waals surface area contributed by atoms with E-state index in [-0.39, 0.29) is 5.75 Å². The van der Waals surface area contributed by atoms with E-state index in [0.29, 0.717) is 0 Å². The molecule has 0 bridgehead atoms. The minimum absolute atomic E-state index is 0.0727. The summed E-state index contributed by atoms with van der Waals surface area (Å²) in [5.74, 6) is -0.996. The van der Waals surface area contributed by atoms with E-state index in [9.17, 15) is 9.59 Å². The molecule has 0 aliphatic rings. The quantitative estimate of drug-likeness (QED) is 0.474. The molecule has 0 radical (unpaired) electrons. The lowest BCUT2D eigenvalue weighted by molar-refractivity contribution is -0.162. The molecule has 0 aliphatic heterocycles. The minimum atomic E-state index is -0.903. The fourth-order valence-corrected chi connectivity index (χ4v) is 3.02. The van der Waals surface area contributed by atoms with Crippen LogP contribution >= 0.6 is 23.1 Å². The molecule has 2 rings (SSSR count). The van der Waals surface area contributed by atoms with E-state index in [1.165, 1.54) is 43.5 Å². The highest BCUT2D eigenvalue weighted by atomic mass is 32.2. The van der Waals surface area contributed by atoms with Crippen LogP contribution in [-0.4, -0.2) is 40.9 Å². The molecule has 0 saturated heterocycles. The second-order valence-corrected chi connectivity index (χ2v) is 5.62. The maximum Gasteiger partial charge on any atom is 0.346 e. The zero-order valence-electron chi connectivity index (χ0n) is 10.9. The molecule has 1 atom stereocenters. The summed E-state index contributed by atoms with van der Waals surface area (Å²) in [7, 11) is 1.25. The first-order valence-corrected chi connectivity index (χ1v) is 7.56. The molecule has 0 fully saturated rings. The van der Waals surface area contributed by atoms with Gasteiger partial charge in [0.25, 0.3) is 0 Å². The molecular weight excluding hydrogens is 300 g/mol. The van der Waals surface area contributed by atoms with Gasteiger partial charge in [-0.05, 0) is 18.4 Å². The number of carbonyl (C=O) groups is 2. The topological polar surface area (TPSA) is 78.4 Å². The zero-order chi connectivity index (χ0) is 14.5. The van der Waals surface area contributed by atoms with Crippen molar-refractivity contribution in [3.63, 3.8) is 0 Å². The summed E-state index contributed by atoms with van der Waals surface area (Å²) in [4.78, 5) is 31.9. The van der Waals surface area contributed by atoms with Gasteiger partial charge in [-0.15, -0.1) is 11.3 Å². The van der Waals surface area contributed by atoms with Gasteiger partial charge in [0.2, 0.25) is 0 Å². The molecule has 20 heavy (non-hydrogen) atoms. The van der Waals surface area contributed by atoms with Crippen LogP contribution in [0.4, 0.5) is 0 Å². The lowest BCUT2D eigenvalue weighted by Crippen LogP contribution is -2.26. The first-order valence-electron chi connectivity index (χ1n) is 5.70. The smallest absolute Gasteiger partial charge is 0.346 e. The van der Waals surface area contributed by atoms with Crippen LogP contribution in [0.1, 0.15) is 6.92 Å². The number of thiophene rings is 1. The van der Waals surface area contributed by atoms with Gasteiger partial charge < -0.3 is 9.47 Å². The van der Waals surface area contributed by atoms with Crippen LogP contribution in [0.25, 0.3) is 10.2 Å². The van der Waals surface area contributed by atoms with Crippen molar-refractivity contribution in [2.45, 2.75) is 18.1 Å². The number of ether oxygens (including phenoxy) is 2. The number of nitrogens with zero attached hydrogens (tertiary/aromatic N) is 2. The van der Waals surface area contributed by atoms with Crippen molar-refractivity contribution in [1.82, 2.24) is 9.97 Å². The molecule has 2 aromatic rings. The van der Waals surface area contributed by atoms with Crippen LogP contribution in [-0.2, 0) is 19.1 Å². The third-order valence-corrected chi connectivity index (χ3v) is 4.19. The van der Waals surface area contributed by atoms with Crippen molar-refractivity contribution < 1.29 is 19.1 Å². The minimum Gasteiger partial charge on any atom is -0.466 e. The SMILES string of the molecule is COC(=O)[C@@H](C)OC(=O)CSc1ncnc2sccc12. The Morgan fingerprint density at radius 2 is 2.25 bits per heavy atom. The number of fused-ring (bicyclic) bond motifs is 1. The molecule has 0 aliphatic carbocycles. The maximum absolute atomic E-state index is 11.6. The number of methoxy groups -OCH3 is 1. The highest BCUT2D eigenvalue weighted by molar-refractivity contribution is 8.00. The number of carbonyl (C=O) groups excluding carboxylic acids is 2. The van der Waals surface area contributed by atoms with Crippen LogP contribution in [0.15, 0.2) is 22.8 Å². The van der Waals surface area contributed by atoms with E-state index in [2.05, 4.69) is 14.7 Å². The first kappa shape index (κ1) is 14.7. The Kier molecular flexibility index (Phi) is 4.91. The number of rotatable bonds is 5. The van der Waals surface area contributed by atoms with Crippen molar-refractivity contribution in [3.8, 4) is 0 Å². The molecule has 6 nitrogen and oxygen atoms in total. The van der Waals surface area contributed by atoms with Crippen molar-refractivity contribution in [1.29, 1.82) is 0 Å². The van der Waals surface area contributed by atoms with Crippen molar-refractivity contribution in [3.05, 3.63) is 17.8 Å². The van der Waals surface area contributed by atoms with Crippen LogP contribution in [0.3, 0.4) is 0 Å². The highest BCUT2D eigenvalue weighted by Gasteiger charge is 2.18. The maximum atomic E-state index is 11.6. The average molecular weight is 312 g/mol. The molecule has 2 heterocycles. The van der Waals surface area contributed by atoms with Gasteiger partial charge in [0.15, 0.2) is 6.10 Å². The van der Waals surface area contributed by atoms with Gasteiger partial charge in [0.1, 0.15) is 16.2 Å². The van der Waals surface area contributed by atoms with Gasteiger partial charge in [0, 0.05) is 5.39 Å². The van der Waals surface area contributed by atoms with Crippen LogP contribution < -0.4 is 0 Å². The van der Waals surface area contributed by atoms with Crippen LogP contribution in [0.2, 0.25) is 0 Å². The summed E-state index contributed by atoms with van der Waals surface area (Å²) in [6.07, 6.45) is 0.559. The van der Waals surface area contributed by atoms with E-state index in [4.69, 9.17) is 4.74 Å². The molecule has 106 valence electrons. The number of thioether (sulfide) groups is 1. The predicted octanol–water partition coefficient (Wildman–Crippen LogP) is 1.89. The third-order valence-electron chi connectivity index (χ3n) is 2.39. The average Bonchev–Trinajstić information content (AvgIpc) is 2.92. The fraction of sp³-hybridized carbons (Fsp3) is 0.333. The summed E-state index contributed by atoms with van der Waals surface area (Å²) < 4.78 is 9.42. The number of esters is 2. The summed E-state index contributed by atoms with van der Waals surface area (Å²) in [6.45, 7) is 1.47. The molecule has 0 aromatic carbocycles. The van der Waals surface area contributed by atoms with E-state index in [1.54, 1.807) is 0 Å². The van der Waals surface area contributed by atoms with Gasteiger partial charge >= 0.3 is 11.9 Å². The summed E-state index contributed by atoms with van der Waals surface area (Å²) in [5.41, 5.74) is 0. The van der Waals surface area contributed by atoms with Crippen LogP contribution in [0, 0.1) is 0 Å². The second-order valence-electron chi connectivity index (χ2n) is 3.76. The van der Waals surface area contributed by atoms with Crippen molar-refractivity contribution in [2.24, 2.45) is 0 Å². The summed E-state index contributed by atoms with van der Waals surface area (Å²) >= 11 is 2.76. The lowest BCUT2D eigenvalue weighted by atomic mass is 10.4. The third kappa shape index (κ3) is 3.45. The van der Waals surface area contributed by atoms with E-state index >= 15 is 0 Å². The molecule has 2 aromatic heterocycles. The Morgan fingerprint density at radius 1 is 1.45 bits per heavy atom. The lowest BCUT2D eigenvalue weighted by Gasteiger charge is -2.10. The Hall–Kier alpha value is -1.67. The standard InChI is InChI=1S/C12H12N2O4S2/c1-7(12(16)17-2)18-9(15)5-20-11-8-3-4-19-10(8)13-6-14-11/h3-4,6-7H,5H2,1-2H3/t7-/m1/s1. The normalized spacial score (nSPS) is 12.1. The largest absolute Gasteiger partial charge is 0.466 e. The summed E-state index contributed by atoms with van der Waals surface area (Å²) in [5, 5.41) is 3.55. The number of hydrogen-bond acceptors (Lipinski definition) is 8. The van der Waals surface area contributed by atoms with Gasteiger partial charge in [0.05, 0.1) is 12.9 Å². The van der Waals surface area contributed by atoms with E-state index < -0.39 is 18.0 Å². The monoisotopic (exact) mass is 312 g/mol. The zero-order valence-corrected chi connectivity index (χ0v) is 12.5. The highest BCUT2D eigenvalue weighted by Crippen LogP contribution is 2.27. The Balaban J connectivity index is 1.93. The van der Waals surface area contributed by atoms with Gasteiger partial charge in [-0.25, -0.2) is 14.8 Å². The predicted molar refractivity (Wildman–Crippen MR) is 75.7 cm³/mol. The molecule has 0 amide bonds. The van der Waals surface area contributed by atoms with Crippen molar-refractivity contribution in [2.75, 3.05) is 12.9 Å². The molecule has 8 heteroatoms. The number of hydrogen-bond donors (Lipinski definition) is 0. The Morgan fingerprint density at radius 3 is 3.00 bits per heavy atom. The Bertz CT molecular complexity index is 629. The summed E-state index contributed by atoms with van der Waals surface area (Å²) in [6, 6.07) is 1.91. The molecule has 0 saturated carbocycles. The van der Waals surface area contributed by atoms with Crippen molar-refractivity contribution >= 4 is 45.3 Å². The fourth-order valence-electron chi connectivity index (χ4n) is 1.45. The van der Waals surface area contributed by atoms with Gasteiger partial charge in [-0.3, -0.25) is 4.79 Å². The Labute approximate surface area is 123 Å². The molecular formula is C12H12N2O4S2. The number of aromatic nitrogens is 2. The van der Waals surface area contributed by atoms with E-state index in [1.807, 2.05) is 11.4 Å². The first-order chi connectivity index (χ1) is 9.61. The van der Waals surface area contributed by atoms with Gasteiger partial charge in [-0.1, -0.05) is 11.8 Å². The van der Waals surface area contributed by atoms with E-state index in [0.717, 1.165) is 15.2 Å². The molecule has 0 unspecified atom stereocenters. The molecule has 0 spiro atoms. The van der Waals surface area contributed by atoms with Crippen LogP contribution in [0.5, 0.6) is 0 Å². The second kappa shape index (κ2) is 6.67. The van der Waals surface area contributed by atoms with Gasteiger partial charge in [-0.2, -0.15) is 0 Å².